The highest BCUT2D eigenvalue weighted by atomic mass is 16.5. The molecule has 2 heteroatoms. The van der Waals surface area contributed by atoms with Crippen LogP contribution in [0.15, 0.2) is 23.3 Å². The monoisotopic (exact) mass is 238 g/mol. The fourth-order valence-electron chi connectivity index (χ4n) is 2.55. The maximum atomic E-state index is 10.5. The molecule has 1 rings (SSSR count). The summed E-state index contributed by atoms with van der Waals surface area (Å²) in [6.07, 6.45) is 3.87. The second kappa shape index (κ2) is 3.96. The molecular formula is C15H26O2. The Kier molecular flexibility index (Phi) is 3.37. The van der Waals surface area contributed by atoms with E-state index in [4.69, 9.17) is 0 Å². The number of aliphatic hydroxyl groups is 2. The summed E-state index contributed by atoms with van der Waals surface area (Å²) in [5, 5.41) is 21.1. The largest absolute Gasteiger partial charge is 0.362 e. The van der Waals surface area contributed by atoms with Crippen molar-refractivity contribution in [3.8, 4) is 0 Å². The molecule has 0 aromatic heterocycles. The zero-order valence-corrected chi connectivity index (χ0v) is 12.1. The van der Waals surface area contributed by atoms with Crippen LogP contribution in [0.1, 0.15) is 48.5 Å². The van der Waals surface area contributed by atoms with Crippen molar-refractivity contribution in [2.24, 2.45) is 16.7 Å². The predicted octanol–water partition coefficient (Wildman–Crippen LogP) is 3.26. The van der Waals surface area contributed by atoms with Crippen LogP contribution in [0.3, 0.4) is 0 Å². The Morgan fingerprint density at radius 1 is 1.06 bits per heavy atom. The molecule has 0 aromatic carbocycles. The van der Waals surface area contributed by atoms with Gasteiger partial charge in [-0.2, -0.15) is 0 Å². The summed E-state index contributed by atoms with van der Waals surface area (Å²) in [5.41, 5.74) is 1.37. The smallest absolute Gasteiger partial charge is 0.193 e. The summed E-state index contributed by atoms with van der Waals surface area (Å²) in [4.78, 5) is 0. The van der Waals surface area contributed by atoms with E-state index in [9.17, 15) is 10.2 Å². The summed E-state index contributed by atoms with van der Waals surface area (Å²) < 4.78 is 0. The number of rotatable bonds is 0. The lowest BCUT2D eigenvalue weighted by molar-refractivity contribution is -0.188. The molecule has 98 valence electrons. The molecule has 1 aliphatic rings. The Morgan fingerprint density at radius 3 is 1.88 bits per heavy atom. The van der Waals surface area contributed by atoms with Gasteiger partial charge in [-0.15, -0.1) is 0 Å². The zero-order valence-electron chi connectivity index (χ0n) is 12.1. The van der Waals surface area contributed by atoms with Crippen molar-refractivity contribution in [3.63, 3.8) is 0 Å². The van der Waals surface area contributed by atoms with Crippen LogP contribution in [-0.2, 0) is 0 Å². The van der Waals surface area contributed by atoms with Gasteiger partial charge in [-0.05, 0) is 23.3 Å². The predicted molar refractivity (Wildman–Crippen MR) is 71.4 cm³/mol. The summed E-state index contributed by atoms with van der Waals surface area (Å²) in [6.45, 7) is 14.2. The third-order valence-corrected chi connectivity index (χ3v) is 3.37. The van der Waals surface area contributed by atoms with Crippen molar-refractivity contribution < 1.29 is 10.2 Å². The Hall–Kier alpha value is -0.600. The molecule has 17 heavy (non-hydrogen) atoms. The van der Waals surface area contributed by atoms with E-state index in [0.29, 0.717) is 5.57 Å². The Bertz CT molecular complexity index is 359. The van der Waals surface area contributed by atoms with E-state index in [1.165, 1.54) is 0 Å². The van der Waals surface area contributed by atoms with Crippen LogP contribution in [0.5, 0.6) is 0 Å². The molecule has 1 aliphatic carbocycles. The fraction of sp³-hybridized carbons (Fsp3) is 0.733. The van der Waals surface area contributed by atoms with Crippen LogP contribution in [-0.4, -0.2) is 16.0 Å². The van der Waals surface area contributed by atoms with Crippen LogP contribution in [0.2, 0.25) is 0 Å². The average Bonchev–Trinajstić information content (AvgIpc) is 2.04. The van der Waals surface area contributed by atoms with E-state index in [1.54, 1.807) is 0 Å². The van der Waals surface area contributed by atoms with Crippen molar-refractivity contribution in [2.45, 2.75) is 54.3 Å². The van der Waals surface area contributed by atoms with Crippen molar-refractivity contribution in [1.29, 1.82) is 0 Å². The summed E-state index contributed by atoms with van der Waals surface area (Å²) in [5.74, 6) is -2.04. The minimum Gasteiger partial charge on any atom is -0.362 e. The molecule has 1 atom stereocenters. The SMILES string of the molecule is CC1=CC(C(C)(C)C)C(O)(O)C(C(C)(C)C)=C1. The molecule has 0 aliphatic heterocycles. The molecule has 0 amide bonds. The van der Waals surface area contributed by atoms with E-state index in [0.717, 1.165) is 5.57 Å². The fourth-order valence-corrected chi connectivity index (χ4v) is 2.55. The molecule has 2 N–H and O–H groups in total. The second-order valence-corrected chi connectivity index (χ2v) is 7.29. The first-order chi connectivity index (χ1) is 7.37. The number of hydrogen-bond acceptors (Lipinski definition) is 2. The molecule has 0 saturated heterocycles. The van der Waals surface area contributed by atoms with Gasteiger partial charge in [0.25, 0.3) is 0 Å². The third-order valence-electron chi connectivity index (χ3n) is 3.37. The molecule has 0 aromatic rings. The van der Waals surface area contributed by atoms with Crippen LogP contribution >= 0.6 is 0 Å². The van der Waals surface area contributed by atoms with Crippen LogP contribution in [0.4, 0.5) is 0 Å². The maximum absolute atomic E-state index is 10.5. The van der Waals surface area contributed by atoms with Crippen molar-refractivity contribution in [1.82, 2.24) is 0 Å². The van der Waals surface area contributed by atoms with E-state index >= 15 is 0 Å². The highest BCUT2D eigenvalue weighted by Crippen LogP contribution is 2.47. The first-order valence-corrected chi connectivity index (χ1v) is 6.22. The average molecular weight is 238 g/mol. The summed E-state index contributed by atoms with van der Waals surface area (Å²) >= 11 is 0. The van der Waals surface area contributed by atoms with Gasteiger partial charge in [-0.1, -0.05) is 59.3 Å². The molecule has 0 heterocycles. The van der Waals surface area contributed by atoms with E-state index < -0.39 is 5.79 Å². The van der Waals surface area contributed by atoms with Gasteiger partial charge in [-0.25, -0.2) is 0 Å². The highest BCUT2D eigenvalue weighted by Gasteiger charge is 2.48. The van der Waals surface area contributed by atoms with Gasteiger partial charge in [0, 0.05) is 5.92 Å². The van der Waals surface area contributed by atoms with Crippen LogP contribution in [0.25, 0.3) is 0 Å². The van der Waals surface area contributed by atoms with E-state index in [1.807, 2.05) is 60.6 Å². The van der Waals surface area contributed by atoms with Gasteiger partial charge in [0.15, 0.2) is 5.79 Å². The first kappa shape index (κ1) is 14.5. The highest BCUT2D eigenvalue weighted by molar-refractivity contribution is 5.37. The minimum absolute atomic E-state index is 0.185. The number of allylic oxidation sites excluding steroid dienone is 2. The van der Waals surface area contributed by atoms with E-state index in [2.05, 4.69) is 0 Å². The van der Waals surface area contributed by atoms with Crippen LogP contribution < -0.4 is 0 Å². The lowest BCUT2D eigenvalue weighted by Gasteiger charge is -2.45. The van der Waals surface area contributed by atoms with Gasteiger partial charge in [-0.3, -0.25) is 0 Å². The molecule has 0 bridgehead atoms. The van der Waals surface area contributed by atoms with Gasteiger partial charge in [0.1, 0.15) is 0 Å². The minimum atomic E-state index is -1.75. The van der Waals surface area contributed by atoms with Crippen molar-refractivity contribution >= 4 is 0 Å². The molecule has 0 saturated carbocycles. The van der Waals surface area contributed by atoms with Crippen molar-refractivity contribution in [2.75, 3.05) is 0 Å². The van der Waals surface area contributed by atoms with Crippen molar-refractivity contribution in [3.05, 3.63) is 23.3 Å². The number of hydrogen-bond donors (Lipinski definition) is 2. The quantitative estimate of drug-likeness (QED) is 0.636. The lowest BCUT2D eigenvalue weighted by atomic mass is 9.65. The van der Waals surface area contributed by atoms with Crippen LogP contribution in [0, 0.1) is 16.7 Å². The molecular weight excluding hydrogens is 212 g/mol. The molecule has 0 spiro atoms. The zero-order chi connectivity index (χ0) is 13.6. The standard InChI is InChI=1S/C15H26O2/c1-10-8-11(13(2,3)4)15(16,17)12(9-10)14(5,6)7/h8-9,11,16-17H,1-7H3. The Labute approximate surface area is 105 Å². The molecule has 1 unspecified atom stereocenters. The summed E-state index contributed by atoms with van der Waals surface area (Å²) in [6, 6.07) is 0. The summed E-state index contributed by atoms with van der Waals surface area (Å²) in [7, 11) is 0. The Morgan fingerprint density at radius 2 is 1.53 bits per heavy atom. The maximum Gasteiger partial charge on any atom is 0.193 e. The first-order valence-electron chi connectivity index (χ1n) is 6.22. The lowest BCUT2D eigenvalue weighted by Crippen LogP contribution is -2.49. The third kappa shape index (κ3) is 2.80. The van der Waals surface area contributed by atoms with Gasteiger partial charge >= 0.3 is 0 Å². The van der Waals surface area contributed by atoms with Gasteiger partial charge in [0.05, 0.1) is 0 Å². The van der Waals surface area contributed by atoms with Gasteiger partial charge < -0.3 is 10.2 Å². The molecule has 2 nitrogen and oxygen atoms in total. The molecule has 0 radical (unpaired) electrons. The van der Waals surface area contributed by atoms with Gasteiger partial charge in [0.2, 0.25) is 0 Å². The topological polar surface area (TPSA) is 40.5 Å². The second-order valence-electron chi connectivity index (χ2n) is 7.29. The normalized spacial score (nSPS) is 25.4. The van der Waals surface area contributed by atoms with E-state index in [-0.39, 0.29) is 16.7 Å². The molecule has 0 fully saturated rings. The Balaban J connectivity index is 3.32.